The highest BCUT2D eigenvalue weighted by atomic mass is 31.2. The molecule has 1 aliphatic heterocycles. The third-order valence-electron chi connectivity index (χ3n) is 3.67. The van der Waals surface area contributed by atoms with Crippen molar-refractivity contribution in [2.24, 2.45) is 11.8 Å². The summed E-state index contributed by atoms with van der Waals surface area (Å²) in [5, 5.41) is 9.65. The number of hydrogen-bond donors (Lipinski definition) is 6. The van der Waals surface area contributed by atoms with Crippen molar-refractivity contribution in [3.8, 4) is 0 Å². The van der Waals surface area contributed by atoms with E-state index in [9.17, 15) is 14.2 Å². The topological polar surface area (TPSA) is 147 Å². The van der Waals surface area contributed by atoms with Crippen LogP contribution in [0.5, 0.6) is 0 Å². The van der Waals surface area contributed by atoms with Crippen molar-refractivity contribution in [2.75, 3.05) is 13.1 Å². The lowest BCUT2D eigenvalue weighted by Gasteiger charge is -2.35. The lowest BCUT2D eigenvalue weighted by atomic mass is 9.85. The van der Waals surface area contributed by atoms with Gasteiger partial charge in [0, 0.05) is 6.42 Å². The SMILES string of the molecule is CC(CC(O)(P(=O)(O)O)P(=O)(O)O)C1CCCNC1. The summed E-state index contributed by atoms with van der Waals surface area (Å²) in [6.07, 6.45) is 1.06. The minimum absolute atomic E-state index is 0.0263. The van der Waals surface area contributed by atoms with Crippen LogP contribution in [0, 0.1) is 11.8 Å². The minimum atomic E-state index is -5.34. The molecular formula is C9H21NO7P2. The summed E-state index contributed by atoms with van der Waals surface area (Å²) in [7, 11) is -10.7. The molecule has 1 rings (SSSR count). The first-order valence-electron chi connectivity index (χ1n) is 6.03. The molecule has 0 aromatic heterocycles. The number of piperidine rings is 1. The van der Waals surface area contributed by atoms with E-state index in [1.165, 1.54) is 0 Å². The molecule has 10 heteroatoms. The first-order chi connectivity index (χ1) is 8.49. The van der Waals surface area contributed by atoms with Gasteiger partial charge in [-0.15, -0.1) is 0 Å². The Kier molecular flexibility index (Phi) is 5.38. The molecule has 8 nitrogen and oxygen atoms in total. The molecule has 2 atom stereocenters. The molecule has 114 valence electrons. The van der Waals surface area contributed by atoms with Gasteiger partial charge < -0.3 is 30.0 Å². The van der Waals surface area contributed by atoms with Gasteiger partial charge in [0.15, 0.2) is 0 Å². The smallest absolute Gasteiger partial charge is 0.368 e. The molecule has 19 heavy (non-hydrogen) atoms. The molecule has 1 fully saturated rings. The van der Waals surface area contributed by atoms with E-state index in [-0.39, 0.29) is 5.92 Å². The lowest BCUT2D eigenvalue weighted by molar-refractivity contribution is 0.0937. The highest BCUT2D eigenvalue weighted by molar-refractivity contribution is 7.72. The third-order valence-corrected chi connectivity index (χ3v) is 7.46. The number of hydrogen-bond acceptors (Lipinski definition) is 4. The monoisotopic (exact) mass is 317 g/mol. The summed E-state index contributed by atoms with van der Waals surface area (Å²) in [5.74, 6) is -0.392. The van der Waals surface area contributed by atoms with Gasteiger partial charge in [-0.2, -0.15) is 0 Å². The van der Waals surface area contributed by atoms with E-state index in [2.05, 4.69) is 5.32 Å². The summed E-state index contributed by atoms with van der Waals surface area (Å²) >= 11 is 0. The van der Waals surface area contributed by atoms with Gasteiger partial charge >= 0.3 is 15.2 Å². The van der Waals surface area contributed by atoms with Crippen molar-refractivity contribution in [3.63, 3.8) is 0 Å². The molecule has 0 bridgehead atoms. The van der Waals surface area contributed by atoms with Crippen molar-refractivity contribution in [1.29, 1.82) is 0 Å². The first kappa shape index (κ1) is 17.3. The fraction of sp³-hybridized carbons (Fsp3) is 1.00. The Bertz CT molecular complexity index is 375. The van der Waals surface area contributed by atoms with Crippen LogP contribution in [-0.2, 0) is 9.13 Å². The third kappa shape index (κ3) is 3.86. The van der Waals surface area contributed by atoms with Crippen LogP contribution in [0.1, 0.15) is 26.2 Å². The molecule has 0 aromatic carbocycles. The van der Waals surface area contributed by atoms with Gasteiger partial charge in [0.05, 0.1) is 0 Å². The van der Waals surface area contributed by atoms with Crippen LogP contribution in [-0.4, -0.2) is 42.9 Å². The summed E-state index contributed by atoms with van der Waals surface area (Å²) < 4.78 is 22.5. The molecular weight excluding hydrogens is 296 g/mol. The largest absolute Gasteiger partial charge is 0.369 e. The standard InChI is InChI=1S/C9H21NO7P2/c1-7(8-3-2-4-10-6-8)5-9(11,18(12,13)14)19(15,16)17/h7-8,10-11H,2-6H2,1H3,(H2,12,13,14)(H2,15,16,17). The van der Waals surface area contributed by atoms with Gasteiger partial charge in [0.25, 0.3) is 5.08 Å². The van der Waals surface area contributed by atoms with Crippen molar-refractivity contribution in [2.45, 2.75) is 31.3 Å². The molecule has 0 radical (unpaired) electrons. The van der Waals surface area contributed by atoms with Crippen LogP contribution >= 0.6 is 15.2 Å². The van der Waals surface area contributed by atoms with Crippen LogP contribution in [0.2, 0.25) is 0 Å². The summed E-state index contributed by atoms with van der Waals surface area (Å²) in [5.41, 5.74) is 0. The Labute approximate surface area is 111 Å². The fourth-order valence-corrected chi connectivity index (χ4v) is 4.78. The van der Waals surface area contributed by atoms with E-state index < -0.39 is 32.6 Å². The van der Waals surface area contributed by atoms with E-state index in [0.29, 0.717) is 6.54 Å². The average Bonchev–Trinajstić information content (AvgIpc) is 2.27. The second kappa shape index (κ2) is 5.92. The quantitative estimate of drug-likeness (QED) is 0.389. The highest BCUT2D eigenvalue weighted by Gasteiger charge is 2.59. The van der Waals surface area contributed by atoms with Gasteiger partial charge in [-0.25, -0.2) is 0 Å². The van der Waals surface area contributed by atoms with Crippen LogP contribution in [0.4, 0.5) is 0 Å². The number of rotatable bonds is 5. The maximum absolute atomic E-state index is 11.3. The maximum atomic E-state index is 11.3. The maximum Gasteiger partial charge on any atom is 0.369 e. The average molecular weight is 317 g/mol. The van der Waals surface area contributed by atoms with Gasteiger partial charge in [-0.1, -0.05) is 6.92 Å². The first-order valence-corrected chi connectivity index (χ1v) is 9.26. The lowest BCUT2D eigenvalue weighted by Crippen LogP contribution is -2.38. The van der Waals surface area contributed by atoms with E-state index in [1.807, 2.05) is 0 Å². The molecule has 2 unspecified atom stereocenters. The minimum Gasteiger partial charge on any atom is -0.368 e. The molecule has 0 aliphatic carbocycles. The second-order valence-corrected chi connectivity index (χ2v) is 9.16. The Balaban J connectivity index is 2.90. The number of aliphatic hydroxyl groups is 1. The Hall–Kier alpha value is 0.220. The predicted octanol–water partition coefficient (Wildman–Crippen LogP) is 0.0137. The molecule has 1 heterocycles. The van der Waals surface area contributed by atoms with Crippen molar-refractivity contribution < 1.29 is 33.8 Å². The summed E-state index contributed by atoms with van der Waals surface area (Å²) in [4.78, 5) is 36.3. The van der Waals surface area contributed by atoms with Crippen LogP contribution in [0.3, 0.4) is 0 Å². The van der Waals surface area contributed by atoms with E-state index in [0.717, 1.165) is 19.4 Å². The predicted molar refractivity (Wildman–Crippen MR) is 68.4 cm³/mol. The summed E-state index contributed by atoms with van der Waals surface area (Å²) in [6, 6.07) is 0. The highest BCUT2D eigenvalue weighted by Crippen LogP contribution is 2.69. The molecule has 1 aliphatic rings. The molecule has 6 N–H and O–H groups in total. The van der Waals surface area contributed by atoms with Gasteiger partial charge in [-0.05, 0) is 37.8 Å². The zero-order chi connectivity index (χ0) is 14.9. The Morgan fingerprint density at radius 2 is 1.79 bits per heavy atom. The van der Waals surface area contributed by atoms with Gasteiger partial charge in [-0.3, -0.25) is 9.13 Å². The summed E-state index contributed by atoms with van der Waals surface area (Å²) in [6.45, 7) is 3.10. The van der Waals surface area contributed by atoms with Gasteiger partial charge in [0.2, 0.25) is 0 Å². The van der Waals surface area contributed by atoms with E-state index in [1.54, 1.807) is 6.92 Å². The second-order valence-electron chi connectivity index (χ2n) is 5.15. The van der Waals surface area contributed by atoms with Crippen LogP contribution < -0.4 is 5.32 Å². The molecule has 0 saturated carbocycles. The van der Waals surface area contributed by atoms with E-state index in [4.69, 9.17) is 19.6 Å². The van der Waals surface area contributed by atoms with Crippen molar-refractivity contribution >= 4 is 15.2 Å². The zero-order valence-corrected chi connectivity index (χ0v) is 12.4. The zero-order valence-electron chi connectivity index (χ0n) is 10.6. The Morgan fingerprint density at radius 1 is 1.26 bits per heavy atom. The van der Waals surface area contributed by atoms with E-state index >= 15 is 0 Å². The van der Waals surface area contributed by atoms with Crippen LogP contribution in [0.25, 0.3) is 0 Å². The number of nitrogens with one attached hydrogen (secondary N) is 1. The normalized spacial score (nSPS) is 24.2. The Morgan fingerprint density at radius 3 is 2.16 bits per heavy atom. The molecule has 0 amide bonds. The molecule has 1 saturated heterocycles. The van der Waals surface area contributed by atoms with Crippen molar-refractivity contribution in [1.82, 2.24) is 5.32 Å². The van der Waals surface area contributed by atoms with Gasteiger partial charge in [0.1, 0.15) is 0 Å². The van der Waals surface area contributed by atoms with Crippen molar-refractivity contribution in [3.05, 3.63) is 0 Å². The van der Waals surface area contributed by atoms with Crippen LogP contribution in [0.15, 0.2) is 0 Å². The molecule has 0 aromatic rings. The fourth-order valence-electron chi connectivity index (χ4n) is 2.37. The molecule has 0 spiro atoms.